The number of hydrogen-bond donors (Lipinski definition) is 2. The Balaban J connectivity index is 1.51. The van der Waals surface area contributed by atoms with Crippen LogP contribution in [0.25, 0.3) is 0 Å². The Kier molecular flexibility index (Phi) is 4.69. The molecule has 3 rings (SSSR count). The van der Waals surface area contributed by atoms with E-state index in [4.69, 9.17) is 4.74 Å². The number of urea groups is 1. The summed E-state index contributed by atoms with van der Waals surface area (Å²) in [5.41, 5.74) is 1.47. The van der Waals surface area contributed by atoms with Crippen molar-refractivity contribution in [1.82, 2.24) is 14.9 Å². The van der Waals surface area contributed by atoms with Crippen LogP contribution in [0.15, 0.2) is 24.4 Å². The Morgan fingerprint density at radius 2 is 2.25 bits per heavy atom. The molecule has 1 fully saturated rings. The number of rotatable bonds is 6. The second-order valence-corrected chi connectivity index (χ2v) is 5.91. The van der Waals surface area contributed by atoms with Gasteiger partial charge in [0.15, 0.2) is 11.6 Å². The Morgan fingerprint density at radius 1 is 1.46 bits per heavy atom. The average Bonchev–Trinajstić information content (AvgIpc) is 3.32. The maximum absolute atomic E-state index is 13.6. The number of carbonyl (C=O) groups excluding carboxylic acids is 1. The van der Waals surface area contributed by atoms with E-state index in [9.17, 15) is 9.18 Å². The summed E-state index contributed by atoms with van der Waals surface area (Å²) in [5.74, 6) is 1.30. The van der Waals surface area contributed by atoms with Crippen molar-refractivity contribution >= 4 is 11.7 Å². The number of nitrogens with one attached hydrogen (secondary N) is 2. The Labute approximate surface area is 140 Å². The number of anilines is 1. The number of nitrogens with zero attached hydrogens (tertiary/aromatic N) is 2. The monoisotopic (exact) mass is 332 g/mol. The topological polar surface area (TPSA) is 68.2 Å². The van der Waals surface area contributed by atoms with Gasteiger partial charge in [-0.3, -0.25) is 0 Å². The van der Waals surface area contributed by atoms with Crippen LogP contribution in [0.2, 0.25) is 0 Å². The van der Waals surface area contributed by atoms with E-state index in [1.165, 1.54) is 32.1 Å². The van der Waals surface area contributed by atoms with E-state index in [1.54, 1.807) is 6.07 Å². The zero-order chi connectivity index (χ0) is 17.1. The molecule has 128 valence electrons. The molecule has 1 aromatic carbocycles. The van der Waals surface area contributed by atoms with Gasteiger partial charge in [0.2, 0.25) is 0 Å². The fourth-order valence-corrected chi connectivity index (χ4v) is 2.64. The molecule has 7 heteroatoms. The summed E-state index contributed by atoms with van der Waals surface area (Å²) in [7, 11) is 1.40. The van der Waals surface area contributed by atoms with Crippen LogP contribution >= 0.6 is 0 Å². The van der Waals surface area contributed by atoms with Crippen LogP contribution in [0, 0.1) is 12.7 Å². The first kappa shape index (κ1) is 16.3. The van der Waals surface area contributed by atoms with E-state index in [2.05, 4.69) is 20.2 Å². The van der Waals surface area contributed by atoms with Gasteiger partial charge in [0, 0.05) is 42.7 Å². The lowest BCUT2D eigenvalue weighted by atomic mass is 10.3. The molecular formula is C17H21FN4O2. The fraction of sp³-hybridized carbons (Fsp3) is 0.412. The SMILES string of the molecule is COc1ccc(NC(=O)NCCn2c(C)cnc2C2CC2)cc1F. The second kappa shape index (κ2) is 6.90. The average molecular weight is 332 g/mol. The maximum Gasteiger partial charge on any atom is 0.319 e. The maximum atomic E-state index is 13.6. The van der Waals surface area contributed by atoms with Crippen LogP contribution in [-0.4, -0.2) is 29.2 Å². The van der Waals surface area contributed by atoms with Gasteiger partial charge < -0.3 is 19.9 Å². The molecule has 2 amide bonds. The fourth-order valence-electron chi connectivity index (χ4n) is 2.64. The number of amides is 2. The second-order valence-electron chi connectivity index (χ2n) is 5.91. The molecule has 6 nitrogen and oxygen atoms in total. The third kappa shape index (κ3) is 3.67. The minimum atomic E-state index is -0.515. The van der Waals surface area contributed by atoms with Crippen molar-refractivity contribution in [2.24, 2.45) is 0 Å². The smallest absolute Gasteiger partial charge is 0.319 e. The molecule has 1 aliphatic rings. The number of methoxy groups -OCH3 is 1. The van der Waals surface area contributed by atoms with Crippen LogP contribution in [0.3, 0.4) is 0 Å². The Hall–Kier alpha value is -2.57. The molecule has 24 heavy (non-hydrogen) atoms. The molecule has 0 aliphatic heterocycles. The van der Waals surface area contributed by atoms with E-state index in [1.807, 2.05) is 13.1 Å². The van der Waals surface area contributed by atoms with Crippen molar-refractivity contribution in [1.29, 1.82) is 0 Å². The molecule has 0 saturated heterocycles. The van der Waals surface area contributed by atoms with Crippen molar-refractivity contribution in [3.63, 3.8) is 0 Å². The highest BCUT2D eigenvalue weighted by Gasteiger charge is 2.28. The van der Waals surface area contributed by atoms with E-state index >= 15 is 0 Å². The number of hydrogen-bond acceptors (Lipinski definition) is 3. The summed E-state index contributed by atoms with van der Waals surface area (Å²) in [6.07, 6.45) is 4.24. The summed E-state index contributed by atoms with van der Waals surface area (Å²) < 4.78 is 20.6. The van der Waals surface area contributed by atoms with Crippen molar-refractivity contribution in [3.8, 4) is 5.75 Å². The molecule has 0 bridgehead atoms. The Bertz CT molecular complexity index is 740. The number of imidazole rings is 1. The zero-order valence-corrected chi connectivity index (χ0v) is 13.8. The summed E-state index contributed by atoms with van der Waals surface area (Å²) >= 11 is 0. The number of halogens is 1. The molecule has 2 N–H and O–H groups in total. The summed E-state index contributed by atoms with van der Waals surface area (Å²) in [6, 6.07) is 3.92. The first-order valence-corrected chi connectivity index (χ1v) is 7.99. The predicted molar refractivity (Wildman–Crippen MR) is 88.9 cm³/mol. The minimum Gasteiger partial charge on any atom is -0.494 e. The van der Waals surface area contributed by atoms with Gasteiger partial charge in [0.1, 0.15) is 5.82 Å². The van der Waals surface area contributed by atoms with Crippen LogP contribution in [0.5, 0.6) is 5.75 Å². The molecule has 1 aromatic heterocycles. The standard InChI is InChI=1S/C17H21FN4O2/c1-11-10-20-16(12-3-4-12)22(11)8-7-19-17(23)21-13-5-6-15(24-2)14(18)9-13/h5-6,9-10,12H,3-4,7-8H2,1-2H3,(H2,19,21,23). The zero-order valence-electron chi connectivity index (χ0n) is 13.8. The molecule has 2 aromatic rings. The molecule has 0 spiro atoms. The molecule has 1 heterocycles. The highest BCUT2D eigenvalue weighted by Crippen LogP contribution is 2.39. The van der Waals surface area contributed by atoms with Crippen molar-refractivity contribution in [2.45, 2.75) is 32.2 Å². The molecule has 0 radical (unpaired) electrons. The summed E-state index contributed by atoms with van der Waals surface area (Å²) in [5, 5.41) is 5.39. The molecule has 0 atom stereocenters. The van der Waals surface area contributed by atoms with Crippen LogP contribution in [0.1, 0.15) is 30.3 Å². The van der Waals surface area contributed by atoms with Gasteiger partial charge in [-0.2, -0.15) is 0 Å². The number of aromatic nitrogens is 2. The van der Waals surface area contributed by atoms with E-state index in [-0.39, 0.29) is 11.8 Å². The first-order valence-electron chi connectivity index (χ1n) is 7.99. The molecule has 0 unspecified atom stereocenters. The number of ether oxygens (including phenoxy) is 1. The van der Waals surface area contributed by atoms with Crippen LogP contribution in [-0.2, 0) is 6.54 Å². The summed E-state index contributed by atoms with van der Waals surface area (Å²) in [6.45, 7) is 3.16. The summed E-state index contributed by atoms with van der Waals surface area (Å²) in [4.78, 5) is 16.4. The van der Waals surface area contributed by atoms with Crippen molar-refractivity contribution < 1.29 is 13.9 Å². The van der Waals surface area contributed by atoms with E-state index < -0.39 is 5.82 Å². The van der Waals surface area contributed by atoms with Gasteiger partial charge in [-0.1, -0.05) is 0 Å². The Morgan fingerprint density at radius 3 is 2.92 bits per heavy atom. The lowest BCUT2D eigenvalue weighted by molar-refractivity contribution is 0.251. The van der Waals surface area contributed by atoms with Gasteiger partial charge >= 0.3 is 6.03 Å². The quantitative estimate of drug-likeness (QED) is 0.854. The van der Waals surface area contributed by atoms with Gasteiger partial charge in [-0.25, -0.2) is 14.2 Å². The third-order valence-corrected chi connectivity index (χ3v) is 4.06. The molecular weight excluding hydrogens is 311 g/mol. The van der Waals surface area contributed by atoms with Crippen LogP contribution < -0.4 is 15.4 Å². The predicted octanol–water partition coefficient (Wildman–Crippen LogP) is 3.04. The van der Waals surface area contributed by atoms with Gasteiger partial charge in [0.05, 0.1) is 7.11 Å². The largest absolute Gasteiger partial charge is 0.494 e. The normalized spacial score (nSPS) is 13.6. The van der Waals surface area contributed by atoms with Gasteiger partial charge in [-0.15, -0.1) is 0 Å². The van der Waals surface area contributed by atoms with Gasteiger partial charge in [-0.05, 0) is 31.9 Å². The highest BCUT2D eigenvalue weighted by atomic mass is 19.1. The molecule has 1 aliphatic carbocycles. The lowest BCUT2D eigenvalue weighted by Gasteiger charge is -2.12. The first-order chi connectivity index (χ1) is 11.6. The minimum absolute atomic E-state index is 0.143. The van der Waals surface area contributed by atoms with E-state index in [0.29, 0.717) is 24.7 Å². The van der Waals surface area contributed by atoms with Crippen molar-refractivity contribution in [2.75, 3.05) is 19.0 Å². The van der Waals surface area contributed by atoms with Crippen molar-refractivity contribution in [3.05, 3.63) is 41.7 Å². The van der Waals surface area contributed by atoms with E-state index in [0.717, 1.165) is 11.5 Å². The molecule has 1 saturated carbocycles. The third-order valence-electron chi connectivity index (χ3n) is 4.06. The highest BCUT2D eigenvalue weighted by molar-refractivity contribution is 5.89. The lowest BCUT2D eigenvalue weighted by Crippen LogP contribution is -2.32. The number of carbonyl (C=O) groups is 1. The number of aryl methyl sites for hydroxylation is 1. The van der Waals surface area contributed by atoms with Crippen LogP contribution in [0.4, 0.5) is 14.9 Å². The number of benzene rings is 1. The van der Waals surface area contributed by atoms with Gasteiger partial charge in [0.25, 0.3) is 0 Å².